The molecule has 1 amide bonds. The van der Waals surface area contributed by atoms with Crippen LogP contribution in [0.4, 0.5) is 0 Å². The summed E-state index contributed by atoms with van der Waals surface area (Å²) in [5.74, 6) is 0.490. The minimum atomic E-state index is 0.114. The maximum atomic E-state index is 13.1. The zero-order chi connectivity index (χ0) is 16.4. The molecule has 0 aliphatic carbocycles. The second-order valence-corrected chi connectivity index (χ2v) is 6.66. The first-order chi connectivity index (χ1) is 11.1. The van der Waals surface area contributed by atoms with Crippen molar-refractivity contribution in [3.63, 3.8) is 0 Å². The molecular weight excluding hydrogens is 286 g/mol. The summed E-state index contributed by atoms with van der Waals surface area (Å²) in [6.07, 6.45) is 2.80. The number of aliphatic imine (C=N–C) groups is 1. The summed E-state index contributed by atoms with van der Waals surface area (Å²) >= 11 is 0. The number of likely N-dealkylation sites (N-methyl/N-ethyl adjacent to an activating group) is 1. The van der Waals surface area contributed by atoms with Gasteiger partial charge in [0.25, 0.3) is 5.91 Å². The van der Waals surface area contributed by atoms with Gasteiger partial charge < -0.3 is 9.80 Å². The number of benzene rings is 1. The van der Waals surface area contributed by atoms with Crippen molar-refractivity contribution < 1.29 is 4.79 Å². The van der Waals surface area contributed by atoms with Crippen LogP contribution in [0.3, 0.4) is 0 Å². The van der Waals surface area contributed by atoms with Crippen molar-refractivity contribution in [2.75, 3.05) is 26.7 Å². The summed E-state index contributed by atoms with van der Waals surface area (Å²) in [5.41, 5.74) is 4.35. The number of amides is 1. The number of hydrogen-bond donors (Lipinski definition) is 0. The molecule has 1 aromatic rings. The predicted molar refractivity (Wildman–Crippen MR) is 93.4 cm³/mol. The maximum Gasteiger partial charge on any atom is 0.257 e. The van der Waals surface area contributed by atoms with E-state index in [0.717, 1.165) is 37.3 Å². The SMILES string of the molecule is Cc1cccc(CN2CCN(C)C3=C(C=NCCC3C)C2=O)c1. The number of carbonyl (C=O) groups excluding carboxylic acids is 1. The van der Waals surface area contributed by atoms with Crippen molar-refractivity contribution in [1.29, 1.82) is 0 Å². The van der Waals surface area contributed by atoms with Gasteiger partial charge in [-0.15, -0.1) is 0 Å². The number of aryl methyl sites for hydroxylation is 1. The lowest BCUT2D eigenvalue weighted by atomic mass is 9.99. The molecule has 0 N–H and O–H groups in total. The third kappa shape index (κ3) is 3.31. The molecule has 0 fully saturated rings. The van der Waals surface area contributed by atoms with Crippen molar-refractivity contribution >= 4 is 12.1 Å². The van der Waals surface area contributed by atoms with Gasteiger partial charge in [-0.25, -0.2) is 0 Å². The molecule has 1 atom stereocenters. The van der Waals surface area contributed by atoms with E-state index in [1.165, 1.54) is 11.1 Å². The summed E-state index contributed by atoms with van der Waals surface area (Å²) in [7, 11) is 2.09. The number of carbonyl (C=O) groups is 1. The van der Waals surface area contributed by atoms with Gasteiger partial charge in [-0.05, 0) is 24.8 Å². The fourth-order valence-electron chi connectivity index (χ4n) is 3.48. The minimum absolute atomic E-state index is 0.114. The third-order valence-corrected chi connectivity index (χ3v) is 4.74. The summed E-state index contributed by atoms with van der Waals surface area (Å²) in [6.45, 7) is 7.36. The van der Waals surface area contributed by atoms with E-state index in [1.54, 1.807) is 6.21 Å². The van der Waals surface area contributed by atoms with Crippen molar-refractivity contribution in [2.24, 2.45) is 10.9 Å². The Morgan fingerprint density at radius 3 is 2.91 bits per heavy atom. The van der Waals surface area contributed by atoms with Gasteiger partial charge >= 0.3 is 0 Å². The third-order valence-electron chi connectivity index (χ3n) is 4.74. The van der Waals surface area contributed by atoms with Crippen LogP contribution in [0.15, 0.2) is 40.5 Å². The van der Waals surface area contributed by atoms with Crippen LogP contribution in [0.5, 0.6) is 0 Å². The zero-order valence-corrected chi connectivity index (χ0v) is 14.2. The lowest BCUT2D eigenvalue weighted by Crippen LogP contribution is -2.34. The van der Waals surface area contributed by atoms with Crippen LogP contribution in [-0.2, 0) is 11.3 Å². The molecule has 4 heteroatoms. The molecule has 1 aromatic carbocycles. The fraction of sp³-hybridized carbons (Fsp3) is 0.474. The van der Waals surface area contributed by atoms with Crippen molar-refractivity contribution in [3.05, 3.63) is 46.7 Å². The molecule has 0 aromatic heterocycles. The normalized spacial score (nSPS) is 22.0. The lowest BCUT2D eigenvalue weighted by molar-refractivity contribution is -0.126. The Kier molecular flexibility index (Phi) is 4.51. The van der Waals surface area contributed by atoms with Crippen molar-refractivity contribution in [2.45, 2.75) is 26.8 Å². The van der Waals surface area contributed by atoms with Crippen LogP contribution in [0.25, 0.3) is 0 Å². The van der Waals surface area contributed by atoms with E-state index in [1.807, 2.05) is 4.90 Å². The predicted octanol–water partition coefficient (Wildman–Crippen LogP) is 2.63. The molecule has 1 unspecified atom stereocenters. The summed E-state index contributed by atoms with van der Waals surface area (Å²) in [5, 5.41) is 0. The van der Waals surface area contributed by atoms with Crippen LogP contribution in [0.1, 0.15) is 24.5 Å². The Labute approximate surface area is 138 Å². The van der Waals surface area contributed by atoms with Crippen LogP contribution in [-0.4, -0.2) is 48.6 Å². The van der Waals surface area contributed by atoms with E-state index in [9.17, 15) is 4.79 Å². The van der Waals surface area contributed by atoms with Crippen LogP contribution < -0.4 is 0 Å². The van der Waals surface area contributed by atoms with E-state index in [4.69, 9.17) is 0 Å². The summed E-state index contributed by atoms with van der Waals surface area (Å²) < 4.78 is 0. The molecular formula is C19H25N3O. The number of hydrogen-bond acceptors (Lipinski definition) is 3. The highest BCUT2D eigenvalue weighted by atomic mass is 16.2. The average Bonchev–Trinajstić information content (AvgIpc) is 2.77. The van der Waals surface area contributed by atoms with E-state index in [0.29, 0.717) is 12.5 Å². The standard InChI is InChI=1S/C19H25N3O/c1-14-5-4-6-16(11-14)13-22-10-9-21(3)18-15(2)7-8-20-12-17(18)19(22)23/h4-6,11-12,15H,7-10,13H2,1-3H3. The molecule has 0 bridgehead atoms. The van der Waals surface area contributed by atoms with E-state index < -0.39 is 0 Å². The largest absolute Gasteiger partial charge is 0.375 e. The Balaban J connectivity index is 1.91. The van der Waals surface area contributed by atoms with Crippen LogP contribution >= 0.6 is 0 Å². The van der Waals surface area contributed by atoms with Crippen molar-refractivity contribution in [3.8, 4) is 0 Å². The molecule has 0 spiro atoms. The van der Waals surface area contributed by atoms with Gasteiger partial charge in [-0.3, -0.25) is 9.79 Å². The first-order valence-electron chi connectivity index (χ1n) is 8.36. The highest BCUT2D eigenvalue weighted by Crippen LogP contribution is 2.27. The Hall–Kier alpha value is -2.10. The lowest BCUT2D eigenvalue weighted by Gasteiger charge is -2.25. The van der Waals surface area contributed by atoms with E-state index in [-0.39, 0.29) is 5.91 Å². The summed E-state index contributed by atoms with van der Waals surface area (Å²) in [4.78, 5) is 21.7. The van der Waals surface area contributed by atoms with E-state index in [2.05, 4.69) is 55.1 Å². The topological polar surface area (TPSA) is 35.9 Å². The molecule has 0 saturated carbocycles. The van der Waals surface area contributed by atoms with E-state index >= 15 is 0 Å². The molecule has 0 saturated heterocycles. The number of nitrogens with zero attached hydrogens (tertiary/aromatic N) is 3. The molecule has 23 heavy (non-hydrogen) atoms. The molecule has 122 valence electrons. The van der Waals surface area contributed by atoms with Crippen LogP contribution in [0.2, 0.25) is 0 Å². The maximum absolute atomic E-state index is 13.1. The Bertz CT molecular complexity index is 662. The first kappa shape index (κ1) is 15.8. The molecule has 0 radical (unpaired) electrons. The van der Waals surface area contributed by atoms with Gasteiger partial charge in [0.05, 0.1) is 5.57 Å². The quantitative estimate of drug-likeness (QED) is 0.842. The second kappa shape index (κ2) is 6.57. The van der Waals surface area contributed by atoms with Gasteiger partial charge in [-0.2, -0.15) is 0 Å². The number of allylic oxidation sites excluding steroid dienone is 1. The van der Waals surface area contributed by atoms with Crippen LogP contribution in [0, 0.1) is 12.8 Å². The molecule has 4 nitrogen and oxygen atoms in total. The second-order valence-electron chi connectivity index (χ2n) is 6.66. The highest BCUT2D eigenvalue weighted by Gasteiger charge is 2.30. The van der Waals surface area contributed by atoms with Gasteiger partial charge in [0.2, 0.25) is 0 Å². The molecule has 2 aliphatic heterocycles. The first-order valence-corrected chi connectivity index (χ1v) is 8.36. The average molecular weight is 311 g/mol. The molecule has 2 aliphatic rings. The van der Waals surface area contributed by atoms with Gasteiger partial charge in [0.1, 0.15) is 0 Å². The monoisotopic (exact) mass is 311 g/mol. The Morgan fingerprint density at radius 2 is 2.13 bits per heavy atom. The van der Waals surface area contributed by atoms with Gasteiger partial charge in [0.15, 0.2) is 0 Å². The highest BCUT2D eigenvalue weighted by molar-refractivity contribution is 6.13. The van der Waals surface area contributed by atoms with Gasteiger partial charge in [0, 0.05) is 45.1 Å². The fourth-order valence-corrected chi connectivity index (χ4v) is 3.48. The molecule has 3 rings (SSSR count). The summed E-state index contributed by atoms with van der Waals surface area (Å²) in [6, 6.07) is 8.38. The van der Waals surface area contributed by atoms with Crippen molar-refractivity contribution in [1.82, 2.24) is 9.80 Å². The minimum Gasteiger partial charge on any atom is -0.375 e. The number of rotatable bonds is 2. The Morgan fingerprint density at radius 1 is 1.30 bits per heavy atom. The molecule has 2 heterocycles. The zero-order valence-electron chi connectivity index (χ0n) is 14.2. The van der Waals surface area contributed by atoms with Gasteiger partial charge in [-0.1, -0.05) is 36.8 Å². The smallest absolute Gasteiger partial charge is 0.257 e.